The van der Waals surface area contributed by atoms with E-state index in [0.29, 0.717) is 41.8 Å². The summed E-state index contributed by atoms with van der Waals surface area (Å²) in [6, 6.07) is 15.0. The standard InChI is InChI=1S/C27H34Cl2N6O2/c1-20-23(19-34(12-7-17-37-3)27(36)30-21-10-11-24(28)25(29)18-21)26(33-15-13-32(2)14-16-33)35(31-20)22-8-5-4-6-9-22/h4-6,8-11,18H,7,12-17,19H2,1-3H3,(H,30,36). The Hall–Kier alpha value is -2.78. The molecule has 0 radical (unpaired) electrons. The van der Waals surface area contributed by atoms with Crippen molar-refractivity contribution in [3.05, 3.63) is 69.8 Å². The fourth-order valence-corrected chi connectivity index (χ4v) is 4.74. The molecule has 37 heavy (non-hydrogen) atoms. The monoisotopic (exact) mass is 544 g/mol. The highest BCUT2D eigenvalue weighted by atomic mass is 35.5. The number of halogens is 2. The maximum atomic E-state index is 13.5. The molecule has 10 heteroatoms. The summed E-state index contributed by atoms with van der Waals surface area (Å²) in [5.41, 5.74) is 3.52. The predicted octanol–water partition coefficient (Wildman–Crippen LogP) is 5.31. The van der Waals surface area contributed by atoms with Gasteiger partial charge in [0.25, 0.3) is 0 Å². The summed E-state index contributed by atoms with van der Waals surface area (Å²) in [6.45, 7) is 7.22. The minimum atomic E-state index is -0.217. The number of aryl methyl sites for hydroxylation is 1. The van der Waals surface area contributed by atoms with E-state index in [9.17, 15) is 4.79 Å². The minimum absolute atomic E-state index is 0.217. The van der Waals surface area contributed by atoms with Crippen LogP contribution in [0.25, 0.3) is 5.69 Å². The Morgan fingerprint density at radius 3 is 2.49 bits per heavy atom. The lowest BCUT2D eigenvalue weighted by molar-refractivity contribution is 0.171. The van der Waals surface area contributed by atoms with Crippen molar-refractivity contribution in [2.75, 3.05) is 63.7 Å². The average Bonchev–Trinajstić information content (AvgIpc) is 3.22. The fourth-order valence-electron chi connectivity index (χ4n) is 4.44. The van der Waals surface area contributed by atoms with Crippen molar-refractivity contribution in [1.29, 1.82) is 0 Å². The number of likely N-dealkylation sites (N-methyl/N-ethyl adjacent to an activating group) is 1. The molecule has 198 valence electrons. The van der Waals surface area contributed by atoms with Gasteiger partial charge in [-0.1, -0.05) is 41.4 Å². The number of carbonyl (C=O) groups is 1. The molecule has 2 heterocycles. The number of para-hydroxylation sites is 1. The fraction of sp³-hybridized carbons (Fsp3) is 0.407. The number of nitrogens with zero attached hydrogens (tertiary/aromatic N) is 5. The van der Waals surface area contributed by atoms with Gasteiger partial charge in [-0.3, -0.25) is 0 Å². The normalized spacial score (nSPS) is 14.1. The summed E-state index contributed by atoms with van der Waals surface area (Å²) in [5, 5.41) is 8.74. The molecule has 3 aromatic rings. The Morgan fingerprint density at radius 2 is 1.81 bits per heavy atom. The third kappa shape index (κ3) is 6.76. The second kappa shape index (κ2) is 12.6. The van der Waals surface area contributed by atoms with Crippen LogP contribution in [0.15, 0.2) is 48.5 Å². The first-order chi connectivity index (χ1) is 17.9. The van der Waals surface area contributed by atoms with Gasteiger partial charge in [0.1, 0.15) is 5.82 Å². The van der Waals surface area contributed by atoms with E-state index in [2.05, 4.69) is 34.3 Å². The van der Waals surface area contributed by atoms with Crippen molar-refractivity contribution in [2.24, 2.45) is 0 Å². The molecule has 1 saturated heterocycles. The van der Waals surface area contributed by atoms with Crippen molar-refractivity contribution in [3.8, 4) is 5.69 Å². The molecule has 0 bridgehead atoms. The van der Waals surface area contributed by atoms with E-state index in [1.54, 1.807) is 30.2 Å². The predicted molar refractivity (Wildman–Crippen MR) is 150 cm³/mol. The Morgan fingerprint density at radius 1 is 1.08 bits per heavy atom. The van der Waals surface area contributed by atoms with E-state index in [4.69, 9.17) is 33.0 Å². The number of ether oxygens (including phenoxy) is 1. The summed E-state index contributed by atoms with van der Waals surface area (Å²) >= 11 is 12.2. The van der Waals surface area contributed by atoms with E-state index in [1.807, 2.05) is 29.8 Å². The lowest BCUT2D eigenvalue weighted by atomic mass is 10.2. The minimum Gasteiger partial charge on any atom is -0.385 e. The number of amides is 2. The number of rotatable bonds is 9. The van der Waals surface area contributed by atoms with Crippen LogP contribution in [0.5, 0.6) is 0 Å². The van der Waals surface area contributed by atoms with Crippen LogP contribution >= 0.6 is 23.2 Å². The van der Waals surface area contributed by atoms with Crippen LogP contribution in [0.2, 0.25) is 10.0 Å². The average molecular weight is 546 g/mol. The van der Waals surface area contributed by atoms with Gasteiger partial charge in [0.15, 0.2) is 0 Å². The molecule has 1 aliphatic rings. The number of aromatic nitrogens is 2. The molecular formula is C27H34Cl2N6O2. The van der Waals surface area contributed by atoms with Gasteiger partial charge in [-0.05, 0) is 50.7 Å². The Kier molecular flexibility index (Phi) is 9.32. The van der Waals surface area contributed by atoms with E-state index in [-0.39, 0.29) is 6.03 Å². The van der Waals surface area contributed by atoms with Crippen LogP contribution in [0, 0.1) is 6.92 Å². The smallest absolute Gasteiger partial charge is 0.322 e. The number of hydrogen-bond donors (Lipinski definition) is 1. The Bertz CT molecular complexity index is 1200. The molecule has 1 aliphatic heterocycles. The Balaban J connectivity index is 1.67. The summed E-state index contributed by atoms with van der Waals surface area (Å²) in [7, 11) is 3.81. The number of methoxy groups -OCH3 is 1. The van der Waals surface area contributed by atoms with Crippen molar-refractivity contribution in [2.45, 2.75) is 19.9 Å². The van der Waals surface area contributed by atoms with Crippen molar-refractivity contribution >= 4 is 40.7 Å². The van der Waals surface area contributed by atoms with Crippen molar-refractivity contribution in [3.63, 3.8) is 0 Å². The number of benzene rings is 2. The van der Waals surface area contributed by atoms with E-state index < -0.39 is 0 Å². The molecule has 0 aliphatic carbocycles. The maximum Gasteiger partial charge on any atom is 0.322 e. The van der Waals surface area contributed by atoms with Crippen LogP contribution in [0.3, 0.4) is 0 Å². The first kappa shape index (κ1) is 27.3. The molecule has 0 atom stereocenters. The summed E-state index contributed by atoms with van der Waals surface area (Å²) in [4.78, 5) is 20.0. The van der Waals surface area contributed by atoms with Gasteiger partial charge in [0.2, 0.25) is 0 Å². The number of urea groups is 1. The molecule has 0 saturated carbocycles. The van der Waals surface area contributed by atoms with Gasteiger partial charge < -0.3 is 24.8 Å². The molecular weight excluding hydrogens is 511 g/mol. The van der Waals surface area contributed by atoms with E-state index >= 15 is 0 Å². The van der Waals surface area contributed by atoms with Crippen molar-refractivity contribution in [1.82, 2.24) is 19.6 Å². The zero-order valence-electron chi connectivity index (χ0n) is 21.6. The second-order valence-electron chi connectivity index (χ2n) is 9.25. The summed E-state index contributed by atoms with van der Waals surface area (Å²) in [6.07, 6.45) is 0.709. The van der Waals surface area contributed by atoms with Gasteiger partial charge >= 0.3 is 6.03 Å². The van der Waals surface area contributed by atoms with E-state index in [1.165, 1.54) is 0 Å². The highest BCUT2D eigenvalue weighted by Gasteiger charge is 2.27. The van der Waals surface area contributed by atoms with Gasteiger partial charge in [-0.25, -0.2) is 9.48 Å². The van der Waals surface area contributed by atoms with Gasteiger partial charge in [0, 0.05) is 57.7 Å². The van der Waals surface area contributed by atoms with E-state index in [0.717, 1.165) is 48.9 Å². The van der Waals surface area contributed by atoms with Crippen LogP contribution in [0.4, 0.5) is 16.3 Å². The lowest BCUT2D eigenvalue weighted by Crippen LogP contribution is -2.45. The Labute approximate surface area is 228 Å². The first-order valence-corrected chi connectivity index (χ1v) is 13.2. The van der Waals surface area contributed by atoms with Gasteiger partial charge in [-0.15, -0.1) is 0 Å². The second-order valence-corrected chi connectivity index (χ2v) is 10.1. The number of carbonyl (C=O) groups excluding carboxylic acids is 1. The molecule has 2 aromatic carbocycles. The third-order valence-corrected chi connectivity index (χ3v) is 7.28. The molecule has 1 aromatic heterocycles. The first-order valence-electron chi connectivity index (χ1n) is 12.4. The molecule has 0 spiro atoms. The number of hydrogen-bond acceptors (Lipinski definition) is 5. The van der Waals surface area contributed by atoms with Crippen LogP contribution in [-0.4, -0.2) is 79.1 Å². The summed E-state index contributed by atoms with van der Waals surface area (Å²) in [5.74, 6) is 1.04. The largest absolute Gasteiger partial charge is 0.385 e. The maximum absolute atomic E-state index is 13.5. The van der Waals surface area contributed by atoms with Gasteiger partial charge in [0.05, 0.1) is 28.0 Å². The van der Waals surface area contributed by atoms with Crippen LogP contribution in [0.1, 0.15) is 17.7 Å². The highest BCUT2D eigenvalue weighted by molar-refractivity contribution is 6.42. The number of nitrogens with one attached hydrogen (secondary N) is 1. The molecule has 0 unspecified atom stereocenters. The molecule has 8 nitrogen and oxygen atoms in total. The van der Waals surface area contributed by atoms with Crippen molar-refractivity contribution < 1.29 is 9.53 Å². The topological polar surface area (TPSA) is 65.9 Å². The zero-order valence-corrected chi connectivity index (χ0v) is 23.1. The lowest BCUT2D eigenvalue weighted by Gasteiger charge is -2.35. The van der Waals surface area contributed by atoms with Crippen LogP contribution in [-0.2, 0) is 11.3 Å². The number of piperazine rings is 1. The molecule has 1 fully saturated rings. The molecule has 1 N–H and O–H groups in total. The van der Waals surface area contributed by atoms with Gasteiger partial charge in [-0.2, -0.15) is 5.10 Å². The number of anilines is 2. The summed E-state index contributed by atoms with van der Waals surface area (Å²) < 4.78 is 7.28. The quantitative estimate of drug-likeness (QED) is 0.370. The molecule has 2 amide bonds. The highest BCUT2D eigenvalue weighted by Crippen LogP contribution is 2.30. The molecule has 4 rings (SSSR count). The zero-order chi connectivity index (χ0) is 26.4. The SMILES string of the molecule is COCCCN(Cc1c(C)nn(-c2ccccc2)c1N1CCN(C)CC1)C(=O)Nc1ccc(Cl)c(Cl)c1. The van der Waals surface area contributed by atoms with Crippen LogP contribution < -0.4 is 10.2 Å². The third-order valence-electron chi connectivity index (χ3n) is 6.54.